The molecule has 7 heterocycles. The molecule has 10 fully saturated rings. The number of aliphatic hydroxyl groups is 17. The number of aliphatic hydroxyl groups excluding tert-OH is 16. The van der Waals surface area contributed by atoms with Crippen molar-refractivity contribution in [2.45, 2.75) is 309 Å². The van der Waals surface area contributed by atoms with Crippen molar-refractivity contribution in [2.24, 2.45) is 39.4 Å². The molecule has 0 aromatic rings. The summed E-state index contributed by atoms with van der Waals surface area (Å²) in [6, 6.07) is 0. The second-order valence-electron chi connectivity index (χ2n) is 31.7. The number of carbonyl (C=O) groups is 2. The van der Waals surface area contributed by atoms with Crippen LogP contribution in [-0.4, -0.2) is 347 Å². The fraction of sp³-hybridized carbons (Fsp3) is 0.913. The van der Waals surface area contributed by atoms with Crippen molar-refractivity contribution in [3.05, 3.63) is 23.3 Å². The molecule has 1 spiro atoms. The second kappa shape index (κ2) is 30.8. The molecule has 4 aliphatic carbocycles. The first kappa shape index (κ1) is 81.2. The number of esters is 2. The molecule has 0 amide bonds. The van der Waals surface area contributed by atoms with Crippen LogP contribution in [0.1, 0.15) is 107 Å². The summed E-state index contributed by atoms with van der Waals surface area (Å²) in [5.74, 6) is -2.80. The third kappa shape index (κ3) is 13.3. The van der Waals surface area contributed by atoms with Crippen molar-refractivity contribution in [1.82, 2.24) is 0 Å². The monoisotopic (exact) mass is 1480 g/mol. The quantitative estimate of drug-likeness (QED) is 0.0377. The predicted molar refractivity (Wildman–Crippen MR) is 343 cm³/mol. The minimum atomic E-state index is -2.18. The number of ether oxygens (including phenoxy) is 15. The highest BCUT2D eigenvalue weighted by Gasteiger charge is 2.89. The van der Waals surface area contributed by atoms with Crippen LogP contribution in [-0.2, 0) is 80.6 Å². The average Bonchev–Trinajstić information content (AvgIpc) is 1.47. The van der Waals surface area contributed by atoms with Gasteiger partial charge in [0, 0.05) is 21.1 Å². The molecular formula is C69H110O34. The van der Waals surface area contributed by atoms with Gasteiger partial charge in [-0.1, -0.05) is 51.0 Å². The van der Waals surface area contributed by atoms with Crippen LogP contribution in [0.3, 0.4) is 0 Å². The molecule has 17 N–H and O–H groups in total. The molecule has 34 heteroatoms. The van der Waals surface area contributed by atoms with Gasteiger partial charge in [-0.05, 0) is 107 Å². The predicted octanol–water partition coefficient (Wildman–Crippen LogP) is -5.18. The topological polar surface area (TPSA) is 517 Å². The Morgan fingerprint density at radius 3 is 1.52 bits per heavy atom. The molecule has 0 aromatic heterocycles. The van der Waals surface area contributed by atoms with Gasteiger partial charge in [0.05, 0.1) is 51.3 Å². The first-order valence-corrected chi connectivity index (χ1v) is 35.8. The fourth-order valence-electron chi connectivity index (χ4n) is 20.1. The van der Waals surface area contributed by atoms with Gasteiger partial charge in [0.15, 0.2) is 37.1 Å². The summed E-state index contributed by atoms with van der Waals surface area (Å²) < 4.78 is 90.0. The van der Waals surface area contributed by atoms with Crippen LogP contribution in [0.15, 0.2) is 23.3 Å². The molecule has 0 aromatic carbocycles. The van der Waals surface area contributed by atoms with Crippen LogP contribution in [0.2, 0.25) is 0 Å². The lowest BCUT2D eigenvalue weighted by molar-refractivity contribution is -0.388. The third-order valence-corrected chi connectivity index (χ3v) is 25.4. The number of rotatable bonds is 21. The molecule has 11 aliphatic rings. The second-order valence-corrected chi connectivity index (χ2v) is 31.7. The van der Waals surface area contributed by atoms with E-state index < -0.39 is 280 Å². The Morgan fingerprint density at radius 1 is 0.573 bits per heavy atom. The Kier molecular flexibility index (Phi) is 24.3. The Balaban J connectivity index is 0.881. The van der Waals surface area contributed by atoms with Crippen molar-refractivity contribution in [3.8, 4) is 0 Å². The number of methoxy groups -OCH3 is 2. The van der Waals surface area contributed by atoms with Gasteiger partial charge in [0.1, 0.15) is 151 Å². The Hall–Kier alpha value is -2.78. The van der Waals surface area contributed by atoms with E-state index in [1.54, 1.807) is 13.0 Å². The van der Waals surface area contributed by atoms with Crippen LogP contribution in [0.4, 0.5) is 0 Å². The van der Waals surface area contributed by atoms with Gasteiger partial charge in [0.2, 0.25) is 0 Å². The average molecular weight is 1480 g/mol. The van der Waals surface area contributed by atoms with Crippen LogP contribution in [0.25, 0.3) is 0 Å². The lowest BCUT2D eigenvalue weighted by Gasteiger charge is -2.65. The Morgan fingerprint density at radius 2 is 1.04 bits per heavy atom. The van der Waals surface area contributed by atoms with E-state index in [0.717, 1.165) is 11.1 Å². The molecule has 0 radical (unpaired) electrons. The van der Waals surface area contributed by atoms with Gasteiger partial charge < -0.3 is 158 Å². The van der Waals surface area contributed by atoms with E-state index in [0.29, 0.717) is 32.1 Å². The minimum absolute atomic E-state index is 0.0203. The van der Waals surface area contributed by atoms with Crippen LogP contribution in [0.5, 0.6) is 0 Å². The molecule has 0 bridgehead atoms. The number of cyclic esters (lactones) is 1. The molecule has 11 rings (SSSR count). The molecule has 0 unspecified atom stereocenters. The van der Waals surface area contributed by atoms with Crippen LogP contribution in [0, 0.1) is 39.4 Å². The normalized spacial score (nSPS) is 52.6. The van der Waals surface area contributed by atoms with E-state index in [4.69, 9.17) is 71.1 Å². The summed E-state index contributed by atoms with van der Waals surface area (Å²) in [6.45, 7) is 12.3. The first-order valence-electron chi connectivity index (χ1n) is 35.8. The highest BCUT2D eigenvalue weighted by molar-refractivity contribution is 5.87. The van der Waals surface area contributed by atoms with Gasteiger partial charge in [-0.15, -0.1) is 0 Å². The highest BCUT2D eigenvalue weighted by Crippen LogP contribution is 2.78. The van der Waals surface area contributed by atoms with Crippen molar-refractivity contribution in [3.63, 3.8) is 0 Å². The summed E-state index contributed by atoms with van der Waals surface area (Å²) in [5, 5.41) is 195. The molecule has 103 heavy (non-hydrogen) atoms. The lowest BCUT2D eigenvalue weighted by atomic mass is 9.39. The molecule has 7 saturated heterocycles. The number of allylic oxidation sites excluding steroid dienone is 3. The van der Waals surface area contributed by atoms with E-state index in [2.05, 4.69) is 6.92 Å². The third-order valence-electron chi connectivity index (χ3n) is 25.4. The maximum Gasteiger partial charge on any atom is 0.319 e. The summed E-state index contributed by atoms with van der Waals surface area (Å²) in [5.41, 5.74) is -6.74. The van der Waals surface area contributed by atoms with Crippen LogP contribution >= 0.6 is 0 Å². The van der Waals surface area contributed by atoms with Crippen molar-refractivity contribution < 1.29 is 167 Å². The standard InChI is InChI=1S/C69H110O34/c1-26(2)13-12-17-67(9)69(88)39(93-28(4)74)20-66(8)29-14-15-37-64(5,6)30(16-18-65(37,7)31(29)19-38(75)68(66,69)63(87)103-67)52-57(44(80)36(25-91-52)98-59-49(85)55(42(78)34(23-72)94-59)100-60-47(83)53(89-10)40(76)32(21-70)95-60)102-58-46(82)45(81)51(27(3)92-58)99-62-50(86)56(43(79)35(24-73)97-62)101-61-48(84)54(90-11)41(77)33(22-71)96-61/h13,19,27,29-30,32-62,70-73,75-86,88H,12,14-18,20-25H2,1-11H3/t27-,29-,30-,32-,33-,34-,35-,36-,37+,38+,39+,40-,41-,42-,43-,44+,45-,46-,47-,48-,49-,50-,51-,52+,53+,54+,55+,56+,57-,58+,59+,60+,61+,62+,65-,66+,67+,68-,69+/m1/s1. The maximum absolute atomic E-state index is 15.0. The Bertz CT molecular complexity index is 3000. The zero-order valence-corrected chi connectivity index (χ0v) is 59.8. The largest absolute Gasteiger partial charge is 0.459 e. The van der Waals surface area contributed by atoms with Gasteiger partial charge in [-0.2, -0.15) is 0 Å². The maximum atomic E-state index is 15.0. The van der Waals surface area contributed by atoms with E-state index in [-0.39, 0.29) is 18.8 Å². The van der Waals surface area contributed by atoms with E-state index in [9.17, 15) is 91.6 Å². The minimum Gasteiger partial charge on any atom is -0.459 e. The zero-order chi connectivity index (χ0) is 75.4. The number of fused-ring (bicyclic) bond motifs is 4. The van der Waals surface area contributed by atoms with Gasteiger partial charge in [-0.3, -0.25) is 9.59 Å². The SMILES string of the molecule is CO[C@@H]1[C@@H](O)[C@H](O[C@@H]2[C@@H](O)[C@H](O[C@H]3[C@H](O)[C@@H](O)[C@H](O[C@@H]4[C@@H](O)[C@H](O[C@@H]5O[C@H](CO)[C@@H](O)[C@H](O[C@@H]6O[C@H](CO)[C@@H](O)[C@H](OC)[C@H]6O)[C@H]5O)CO[C@H]4[C@H]4CC[C@]5(C)C6=C[C@H](O)[C@]78C(=O)O[C@@](C)(CCC=C(C)C)[C@@]7(O)[C@@H](OC(C)=O)C[C@@]8(C)[C@@H]6CC[C@H]5C4(C)C)O[C@@H]3C)O[C@H](CO)[C@H]2O)O[C@H](CO)[C@H]1O. The van der Waals surface area contributed by atoms with Crippen molar-refractivity contribution >= 4 is 11.9 Å². The Labute approximate surface area is 596 Å². The first-order chi connectivity index (χ1) is 48.5. The summed E-state index contributed by atoms with van der Waals surface area (Å²) >= 11 is 0. The molecule has 34 nitrogen and oxygen atoms in total. The number of hydrogen-bond acceptors (Lipinski definition) is 34. The highest BCUT2D eigenvalue weighted by atomic mass is 16.8. The van der Waals surface area contributed by atoms with Crippen molar-refractivity contribution in [1.29, 1.82) is 0 Å². The number of carbonyl (C=O) groups excluding carboxylic acids is 2. The number of hydrogen-bond donors (Lipinski definition) is 17. The van der Waals surface area contributed by atoms with E-state index in [1.165, 1.54) is 28.1 Å². The van der Waals surface area contributed by atoms with Crippen LogP contribution < -0.4 is 0 Å². The smallest absolute Gasteiger partial charge is 0.319 e. The summed E-state index contributed by atoms with van der Waals surface area (Å²) in [6.07, 6.45) is -46.1. The van der Waals surface area contributed by atoms with Crippen molar-refractivity contribution in [2.75, 3.05) is 47.3 Å². The van der Waals surface area contributed by atoms with E-state index in [1.807, 2.05) is 40.7 Å². The van der Waals surface area contributed by atoms with Gasteiger partial charge >= 0.3 is 11.9 Å². The fourth-order valence-corrected chi connectivity index (χ4v) is 20.1. The molecule has 39 atom stereocenters. The molecule has 3 saturated carbocycles. The van der Waals surface area contributed by atoms with Gasteiger partial charge in [0.25, 0.3) is 0 Å². The zero-order valence-electron chi connectivity index (χ0n) is 59.8. The molecular weight excluding hydrogens is 1370 g/mol. The lowest BCUT2D eigenvalue weighted by Crippen LogP contribution is -2.70. The molecule has 7 aliphatic heterocycles. The summed E-state index contributed by atoms with van der Waals surface area (Å²) in [7, 11) is 2.35. The summed E-state index contributed by atoms with van der Waals surface area (Å²) in [4.78, 5) is 28.1. The van der Waals surface area contributed by atoms with E-state index >= 15 is 4.79 Å². The molecule has 590 valence electrons. The van der Waals surface area contributed by atoms with Gasteiger partial charge in [-0.25, -0.2) is 0 Å².